The lowest BCUT2D eigenvalue weighted by molar-refractivity contribution is -0.121. The number of hydrogen-bond acceptors (Lipinski definition) is 7. The molecule has 0 unspecified atom stereocenters. The highest BCUT2D eigenvalue weighted by molar-refractivity contribution is 8.15. The fourth-order valence-corrected chi connectivity index (χ4v) is 5.99. The molecule has 1 fully saturated rings. The molecule has 152 valence electrons. The molecule has 1 amide bonds. The number of nitrogens with one attached hydrogen (secondary N) is 2. The number of hydrazone groups is 1. The van der Waals surface area contributed by atoms with Crippen LogP contribution in [0.4, 0.5) is 5.69 Å². The first kappa shape index (κ1) is 20.9. The number of nitrogens with zero attached hydrogens (tertiary/aromatic N) is 2. The molecule has 2 aliphatic heterocycles. The molecule has 1 aromatic carbocycles. The number of aliphatic imine (C=N–C) groups is 1. The highest BCUT2D eigenvalue weighted by Crippen LogP contribution is 2.25. The van der Waals surface area contributed by atoms with Crippen molar-refractivity contribution in [2.24, 2.45) is 16.0 Å². The molecule has 2 atom stereocenters. The van der Waals surface area contributed by atoms with Gasteiger partial charge in [-0.2, -0.15) is 5.10 Å². The van der Waals surface area contributed by atoms with E-state index in [2.05, 4.69) is 27.8 Å². The molecule has 0 saturated carbocycles. The number of sulfone groups is 1. The summed E-state index contributed by atoms with van der Waals surface area (Å²) in [6.07, 6.45) is 1.85. The van der Waals surface area contributed by atoms with Gasteiger partial charge in [0, 0.05) is 17.4 Å². The maximum atomic E-state index is 12.0. The zero-order chi connectivity index (χ0) is 20.1. The maximum Gasteiger partial charge on any atom is 0.240 e. The lowest BCUT2D eigenvalue weighted by atomic mass is 10.1. The number of benzene rings is 1. The van der Waals surface area contributed by atoms with Gasteiger partial charge in [0.1, 0.15) is 0 Å². The topological polar surface area (TPSA) is 100.0 Å². The number of carbonyl (C=O) groups is 1. The second-order valence-electron chi connectivity index (χ2n) is 7.20. The molecule has 0 spiro atoms. The Hall–Kier alpha value is -1.87. The average Bonchev–Trinajstić information content (AvgIpc) is 3.26. The zero-order valence-electron chi connectivity index (χ0n) is 16.1. The van der Waals surface area contributed by atoms with E-state index in [9.17, 15) is 13.2 Å². The monoisotopic (exact) mass is 422 g/mol. The van der Waals surface area contributed by atoms with E-state index in [4.69, 9.17) is 0 Å². The van der Waals surface area contributed by atoms with Crippen molar-refractivity contribution in [3.63, 3.8) is 0 Å². The van der Waals surface area contributed by atoms with Gasteiger partial charge in [0.2, 0.25) is 5.91 Å². The molecular weight excluding hydrogens is 396 g/mol. The van der Waals surface area contributed by atoms with Crippen LogP contribution in [0.2, 0.25) is 0 Å². The van der Waals surface area contributed by atoms with Crippen LogP contribution in [-0.2, 0) is 14.6 Å². The standard InChI is InChI=1S/C19H26N4O3S2/c1-3-17-11-20-19(27-17)21-16-6-4-15(5-7-16)13(2)22-23-18(24)10-14-8-9-28(25,26)12-14/h4-7,14,17H,3,8-12H2,1-2H3,(H,20,21)(H,23,24)/b22-13-/t14-,17-/m0/s1. The largest absolute Gasteiger partial charge is 0.335 e. The van der Waals surface area contributed by atoms with E-state index in [0.29, 0.717) is 17.4 Å². The predicted octanol–water partition coefficient (Wildman–Crippen LogP) is 2.64. The fraction of sp³-hybridized carbons (Fsp3) is 0.526. The summed E-state index contributed by atoms with van der Waals surface area (Å²) in [6, 6.07) is 7.80. The second kappa shape index (κ2) is 9.09. The molecular formula is C19H26N4O3S2. The van der Waals surface area contributed by atoms with Crippen molar-refractivity contribution in [1.82, 2.24) is 5.43 Å². The van der Waals surface area contributed by atoms with Crippen LogP contribution >= 0.6 is 11.8 Å². The summed E-state index contributed by atoms with van der Waals surface area (Å²) in [5.74, 6) is -0.0753. The van der Waals surface area contributed by atoms with Gasteiger partial charge in [0.15, 0.2) is 15.0 Å². The summed E-state index contributed by atoms with van der Waals surface area (Å²) < 4.78 is 22.9. The van der Waals surface area contributed by atoms with E-state index < -0.39 is 9.84 Å². The number of amides is 1. The van der Waals surface area contributed by atoms with Crippen LogP contribution in [0.3, 0.4) is 0 Å². The molecule has 0 bridgehead atoms. The van der Waals surface area contributed by atoms with Crippen LogP contribution in [0.1, 0.15) is 38.7 Å². The number of carbonyl (C=O) groups excluding carboxylic acids is 1. The average molecular weight is 423 g/mol. The minimum absolute atomic E-state index is 0.0974. The molecule has 0 aromatic heterocycles. The van der Waals surface area contributed by atoms with Crippen molar-refractivity contribution in [3.05, 3.63) is 29.8 Å². The molecule has 28 heavy (non-hydrogen) atoms. The van der Waals surface area contributed by atoms with Crippen molar-refractivity contribution >= 4 is 44.1 Å². The SMILES string of the molecule is CC[C@H]1CN=C(Nc2ccc(/C(C)=N\NC(=O)C[C@@H]3CCS(=O)(=O)C3)cc2)S1. The smallest absolute Gasteiger partial charge is 0.240 e. The summed E-state index contributed by atoms with van der Waals surface area (Å²) in [5, 5.41) is 8.98. The third-order valence-corrected chi connectivity index (χ3v) is 7.98. The van der Waals surface area contributed by atoms with Crippen molar-refractivity contribution in [2.45, 2.75) is 38.4 Å². The van der Waals surface area contributed by atoms with E-state index in [1.165, 1.54) is 0 Å². The first-order valence-corrected chi connectivity index (χ1v) is 12.2. The van der Waals surface area contributed by atoms with Gasteiger partial charge in [-0.05, 0) is 43.4 Å². The van der Waals surface area contributed by atoms with Crippen LogP contribution in [0.15, 0.2) is 34.4 Å². The quantitative estimate of drug-likeness (QED) is 0.542. The molecule has 0 radical (unpaired) electrons. The number of anilines is 1. The van der Waals surface area contributed by atoms with Crippen LogP contribution in [0, 0.1) is 5.92 Å². The van der Waals surface area contributed by atoms with Gasteiger partial charge < -0.3 is 5.32 Å². The van der Waals surface area contributed by atoms with Crippen LogP contribution in [0.5, 0.6) is 0 Å². The third kappa shape index (κ3) is 5.81. The second-order valence-corrected chi connectivity index (χ2v) is 10.7. The Bertz CT molecular complexity index is 879. The number of rotatable bonds is 6. The normalized spacial score (nSPS) is 24.1. The summed E-state index contributed by atoms with van der Waals surface area (Å²) >= 11 is 1.77. The zero-order valence-corrected chi connectivity index (χ0v) is 17.8. The molecule has 7 nitrogen and oxygen atoms in total. The summed E-state index contributed by atoms with van der Waals surface area (Å²) in [6.45, 7) is 4.85. The highest BCUT2D eigenvalue weighted by Gasteiger charge is 2.29. The third-order valence-electron chi connectivity index (χ3n) is 4.88. The van der Waals surface area contributed by atoms with Crippen molar-refractivity contribution in [3.8, 4) is 0 Å². The number of amidine groups is 1. The molecule has 2 heterocycles. The van der Waals surface area contributed by atoms with E-state index in [1.54, 1.807) is 11.8 Å². The Morgan fingerprint density at radius 3 is 2.68 bits per heavy atom. The Balaban J connectivity index is 1.49. The minimum atomic E-state index is -2.96. The van der Waals surface area contributed by atoms with Crippen LogP contribution in [-0.4, -0.2) is 48.5 Å². The van der Waals surface area contributed by atoms with Gasteiger partial charge in [0.05, 0.1) is 23.8 Å². The molecule has 2 aliphatic rings. The molecule has 1 aromatic rings. The molecule has 1 saturated heterocycles. The maximum absolute atomic E-state index is 12.0. The Kier molecular flexibility index (Phi) is 6.77. The van der Waals surface area contributed by atoms with Crippen molar-refractivity contribution in [1.29, 1.82) is 0 Å². The van der Waals surface area contributed by atoms with E-state index in [0.717, 1.165) is 29.4 Å². The summed E-state index contributed by atoms with van der Waals surface area (Å²) in [4.78, 5) is 16.5. The molecule has 0 aliphatic carbocycles. The van der Waals surface area contributed by atoms with Crippen molar-refractivity contribution < 1.29 is 13.2 Å². The first-order valence-electron chi connectivity index (χ1n) is 9.46. The van der Waals surface area contributed by atoms with Crippen LogP contribution in [0.25, 0.3) is 0 Å². The molecule has 9 heteroatoms. The fourth-order valence-electron chi connectivity index (χ4n) is 3.17. The van der Waals surface area contributed by atoms with Gasteiger partial charge in [0.25, 0.3) is 0 Å². The van der Waals surface area contributed by atoms with Gasteiger partial charge in [-0.3, -0.25) is 9.79 Å². The summed E-state index contributed by atoms with van der Waals surface area (Å²) in [7, 11) is -2.96. The first-order chi connectivity index (χ1) is 13.3. The predicted molar refractivity (Wildman–Crippen MR) is 116 cm³/mol. The Morgan fingerprint density at radius 2 is 2.07 bits per heavy atom. The van der Waals surface area contributed by atoms with Gasteiger partial charge in [-0.25, -0.2) is 13.8 Å². The molecule has 2 N–H and O–H groups in total. The van der Waals surface area contributed by atoms with Gasteiger partial charge >= 0.3 is 0 Å². The van der Waals surface area contributed by atoms with Gasteiger partial charge in [-0.1, -0.05) is 30.8 Å². The lowest BCUT2D eigenvalue weighted by Crippen LogP contribution is -2.22. The lowest BCUT2D eigenvalue weighted by Gasteiger charge is -2.09. The van der Waals surface area contributed by atoms with E-state index in [-0.39, 0.29) is 29.8 Å². The van der Waals surface area contributed by atoms with E-state index in [1.807, 2.05) is 31.2 Å². The molecule has 3 rings (SSSR count). The highest BCUT2D eigenvalue weighted by atomic mass is 32.2. The van der Waals surface area contributed by atoms with Crippen molar-refractivity contribution in [2.75, 3.05) is 23.4 Å². The number of hydrogen-bond donors (Lipinski definition) is 2. The van der Waals surface area contributed by atoms with Gasteiger partial charge in [-0.15, -0.1) is 0 Å². The number of thioether (sulfide) groups is 1. The van der Waals surface area contributed by atoms with E-state index >= 15 is 0 Å². The summed E-state index contributed by atoms with van der Waals surface area (Å²) in [5.41, 5.74) is 5.10. The van der Waals surface area contributed by atoms with Crippen LogP contribution < -0.4 is 10.7 Å². The minimum Gasteiger partial charge on any atom is -0.335 e. The Morgan fingerprint density at radius 1 is 1.32 bits per heavy atom. The Labute approximate surface area is 170 Å².